The third-order valence-corrected chi connectivity index (χ3v) is 1.38. The highest BCUT2D eigenvalue weighted by Gasteiger charge is 2.35. The van der Waals surface area contributed by atoms with Crippen molar-refractivity contribution in [2.45, 2.75) is 12.6 Å². The van der Waals surface area contributed by atoms with Crippen LogP contribution in [0.5, 0.6) is 5.88 Å². The summed E-state index contributed by atoms with van der Waals surface area (Å²) in [5, 5.41) is 3.03. The van der Waals surface area contributed by atoms with Crippen LogP contribution in [0.15, 0.2) is 0 Å². The number of aryl methyl sites for hydroxylation is 1. The van der Waals surface area contributed by atoms with Gasteiger partial charge in [0, 0.05) is 7.05 Å². The zero-order chi connectivity index (χ0) is 11.6. The fraction of sp³-hybridized carbons (Fsp3) is 0.571. The molecular formula is C7H6F5N2O. The third-order valence-electron chi connectivity index (χ3n) is 1.38. The first-order chi connectivity index (χ1) is 6.80. The Morgan fingerprint density at radius 1 is 1.47 bits per heavy atom. The van der Waals surface area contributed by atoms with Gasteiger partial charge in [0.25, 0.3) is 6.43 Å². The minimum absolute atomic E-state index is 0.470. The van der Waals surface area contributed by atoms with Crippen molar-refractivity contribution in [3.8, 4) is 5.88 Å². The van der Waals surface area contributed by atoms with Crippen molar-refractivity contribution in [3.05, 3.63) is 11.8 Å². The summed E-state index contributed by atoms with van der Waals surface area (Å²) in [6.07, 6.45) is -7.42. The van der Waals surface area contributed by atoms with Crippen LogP contribution in [0, 0.1) is 6.07 Å². The molecule has 3 nitrogen and oxygen atoms in total. The van der Waals surface area contributed by atoms with Gasteiger partial charge in [0.05, 0.1) is 6.07 Å². The van der Waals surface area contributed by atoms with E-state index in [1.165, 1.54) is 0 Å². The summed E-state index contributed by atoms with van der Waals surface area (Å²) in [6.45, 7) is -0.993. The number of rotatable bonds is 3. The van der Waals surface area contributed by atoms with Crippen LogP contribution in [0.3, 0.4) is 0 Å². The van der Waals surface area contributed by atoms with Gasteiger partial charge in [-0.25, -0.2) is 13.5 Å². The van der Waals surface area contributed by atoms with E-state index in [1.807, 2.05) is 0 Å². The van der Waals surface area contributed by atoms with Crippen LogP contribution >= 0.6 is 0 Å². The molecule has 15 heavy (non-hydrogen) atoms. The smallest absolute Gasteiger partial charge is 0.435 e. The normalized spacial score (nSPS) is 12.2. The molecule has 0 aromatic carbocycles. The van der Waals surface area contributed by atoms with E-state index in [0.29, 0.717) is 4.68 Å². The van der Waals surface area contributed by atoms with Gasteiger partial charge in [0.15, 0.2) is 12.3 Å². The Bertz CT molecular complexity index is 333. The molecule has 0 unspecified atom stereocenters. The van der Waals surface area contributed by atoms with Gasteiger partial charge in [-0.15, -0.1) is 0 Å². The lowest BCUT2D eigenvalue weighted by atomic mass is 10.4. The molecule has 1 aromatic rings. The van der Waals surface area contributed by atoms with Crippen LogP contribution < -0.4 is 4.74 Å². The summed E-state index contributed by atoms with van der Waals surface area (Å²) >= 11 is 0. The molecule has 1 heterocycles. The lowest BCUT2D eigenvalue weighted by Crippen LogP contribution is -2.09. The van der Waals surface area contributed by atoms with Crippen LogP contribution in [0.25, 0.3) is 0 Å². The van der Waals surface area contributed by atoms with Gasteiger partial charge >= 0.3 is 6.18 Å². The molecule has 1 radical (unpaired) electrons. The van der Waals surface area contributed by atoms with Crippen LogP contribution in [0.4, 0.5) is 22.0 Å². The highest BCUT2D eigenvalue weighted by atomic mass is 19.4. The predicted molar refractivity (Wildman–Crippen MR) is 38.5 cm³/mol. The molecule has 0 bridgehead atoms. The van der Waals surface area contributed by atoms with Crippen LogP contribution in [-0.2, 0) is 13.2 Å². The molecular weight excluding hydrogens is 223 g/mol. The topological polar surface area (TPSA) is 27.1 Å². The Morgan fingerprint density at radius 2 is 2.07 bits per heavy atom. The molecule has 0 spiro atoms. The number of halogens is 5. The second-order valence-corrected chi connectivity index (χ2v) is 2.60. The Hall–Kier alpha value is -1.34. The maximum Gasteiger partial charge on any atom is 0.435 e. The maximum absolute atomic E-state index is 12.1. The van der Waals surface area contributed by atoms with Crippen molar-refractivity contribution >= 4 is 0 Å². The molecule has 0 saturated carbocycles. The molecule has 1 rings (SSSR count). The highest BCUT2D eigenvalue weighted by molar-refractivity contribution is 5.15. The lowest BCUT2D eigenvalue weighted by Gasteiger charge is -2.03. The van der Waals surface area contributed by atoms with Crippen molar-refractivity contribution in [2.24, 2.45) is 7.05 Å². The average Bonchev–Trinajstić information content (AvgIpc) is 2.42. The Morgan fingerprint density at radius 3 is 2.47 bits per heavy atom. The van der Waals surface area contributed by atoms with E-state index in [1.54, 1.807) is 6.07 Å². The van der Waals surface area contributed by atoms with E-state index in [-0.39, 0.29) is 0 Å². The van der Waals surface area contributed by atoms with Gasteiger partial charge in [-0.2, -0.15) is 18.3 Å². The van der Waals surface area contributed by atoms with Gasteiger partial charge in [0.2, 0.25) is 5.88 Å². The van der Waals surface area contributed by atoms with Gasteiger partial charge in [-0.1, -0.05) is 0 Å². The van der Waals surface area contributed by atoms with E-state index in [2.05, 4.69) is 9.84 Å². The van der Waals surface area contributed by atoms with E-state index in [9.17, 15) is 22.0 Å². The summed E-state index contributed by atoms with van der Waals surface area (Å²) in [4.78, 5) is 0. The molecule has 0 aliphatic carbocycles. The van der Waals surface area contributed by atoms with E-state index < -0.39 is 30.8 Å². The molecule has 0 saturated heterocycles. The number of hydrogen-bond donors (Lipinski definition) is 0. The maximum atomic E-state index is 12.1. The first-order valence-electron chi connectivity index (χ1n) is 3.75. The van der Waals surface area contributed by atoms with Crippen molar-refractivity contribution in [2.75, 3.05) is 6.61 Å². The van der Waals surface area contributed by atoms with Crippen molar-refractivity contribution < 1.29 is 26.7 Å². The molecule has 8 heteroatoms. The molecule has 1 aromatic heterocycles. The van der Waals surface area contributed by atoms with Gasteiger partial charge < -0.3 is 4.74 Å². The molecule has 0 amide bonds. The number of aromatic nitrogens is 2. The quantitative estimate of drug-likeness (QED) is 0.740. The minimum atomic E-state index is -4.66. The number of alkyl halides is 5. The van der Waals surface area contributed by atoms with Crippen molar-refractivity contribution in [1.82, 2.24) is 9.78 Å². The molecule has 85 valence electrons. The number of ether oxygens (including phenoxy) is 1. The summed E-state index contributed by atoms with van der Waals surface area (Å²) in [7, 11) is 1.15. The van der Waals surface area contributed by atoms with E-state index in [4.69, 9.17) is 0 Å². The van der Waals surface area contributed by atoms with Crippen molar-refractivity contribution in [3.63, 3.8) is 0 Å². The van der Waals surface area contributed by atoms with E-state index >= 15 is 0 Å². The highest BCUT2D eigenvalue weighted by Crippen LogP contribution is 2.29. The fourth-order valence-electron chi connectivity index (χ4n) is 0.802. The molecule has 0 aliphatic heterocycles. The van der Waals surface area contributed by atoms with Crippen molar-refractivity contribution in [1.29, 1.82) is 0 Å². The van der Waals surface area contributed by atoms with Crippen LogP contribution in [-0.4, -0.2) is 22.8 Å². The second-order valence-electron chi connectivity index (χ2n) is 2.60. The average molecular weight is 229 g/mol. The number of hydrogen-bond acceptors (Lipinski definition) is 2. The Kier molecular flexibility index (Phi) is 3.15. The summed E-state index contributed by atoms with van der Waals surface area (Å²) in [5.74, 6) is -0.470. The first-order valence-corrected chi connectivity index (χ1v) is 3.75. The third kappa shape index (κ3) is 3.07. The molecule has 0 fully saturated rings. The zero-order valence-electron chi connectivity index (χ0n) is 7.48. The van der Waals surface area contributed by atoms with Crippen LogP contribution in [0.1, 0.15) is 5.69 Å². The largest absolute Gasteiger partial charge is 0.471 e. The standard InChI is InChI=1S/C7H6F5N2O/c1-14-6(15-3-5(8)9)2-4(13-14)7(10,11)12/h5H,3H2,1H3. The minimum Gasteiger partial charge on any atom is -0.471 e. The Balaban J connectivity index is 2.78. The molecule has 0 N–H and O–H groups in total. The fourth-order valence-corrected chi connectivity index (χ4v) is 0.802. The van der Waals surface area contributed by atoms with E-state index in [0.717, 1.165) is 7.05 Å². The monoisotopic (exact) mass is 229 g/mol. The summed E-state index contributed by atoms with van der Waals surface area (Å²) in [5.41, 5.74) is -1.30. The zero-order valence-corrected chi connectivity index (χ0v) is 7.48. The molecule has 0 aliphatic rings. The van der Waals surface area contributed by atoms with Gasteiger partial charge in [-0.05, 0) is 0 Å². The van der Waals surface area contributed by atoms with Crippen LogP contribution in [0.2, 0.25) is 0 Å². The lowest BCUT2D eigenvalue weighted by molar-refractivity contribution is -0.141. The molecule has 0 atom stereocenters. The van der Waals surface area contributed by atoms with Gasteiger partial charge in [-0.3, -0.25) is 0 Å². The first kappa shape index (κ1) is 11.7. The number of nitrogens with zero attached hydrogens (tertiary/aromatic N) is 2. The summed E-state index contributed by atoms with van der Waals surface area (Å²) < 4.78 is 64.7. The second kappa shape index (κ2) is 4.03. The predicted octanol–water partition coefficient (Wildman–Crippen LogP) is 1.88. The summed E-state index contributed by atoms with van der Waals surface area (Å²) in [6, 6.07) is 1.75. The van der Waals surface area contributed by atoms with Gasteiger partial charge in [0.1, 0.15) is 0 Å². The Labute approximate surface area is 81.4 Å². The SMILES string of the molecule is Cn1nc(C(F)(F)F)[c]c1OCC(F)F.